The molecule has 0 aliphatic carbocycles. The fraction of sp³-hybridized carbons (Fsp3) is 0.350. The summed E-state index contributed by atoms with van der Waals surface area (Å²) >= 11 is 0. The summed E-state index contributed by atoms with van der Waals surface area (Å²) in [6.07, 6.45) is 1.67. The Labute approximate surface area is 177 Å². The standard InChI is InChI=1S/C20H22N6O5/c1-13-8-16(25-31-13)17-10-21-19-9-18(28-3)20(24-26(17)19)30-12-15-5-4-14(22-23-15)11-29-7-6-27-2/h4-5,8-10H,6-7,11-12H2,1-3H3. The molecule has 0 saturated carbocycles. The van der Waals surface area contributed by atoms with Crippen LogP contribution in [0.2, 0.25) is 0 Å². The molecule has 11 nitrogen and oxygen atoms in total. The molecule has 4 aromatic rings. The lowest BCUT2D eigenvalue weighted by atomic mass is 10.3. The fourth-order valence-corrected chi connectivity index (χ4v) is 2.79. The smallest absolute Gasteiger partial charge is 0.275 e. The second-order valence-corrected chi connectivity index (χ2v) is 6.60. The number of aryl methyl sites for hydroxylation is 1. The molecule has 0 aliphatic heterocycles. The van der Waals surface area contributed by atoms with E-state index in [2.05, 4.69) is 25.4 Å². The highest BCUT2D eigenvalue weighted by Crippen LogP contribution is 2.28. The molecule has 4 aromatic heterocycles. The zero-order valence-corrected chi connectivity index (χ0v) is 17.4. The van der Waals surface area contributed by atoms with Gasteiger partial charge in [0.2, 0.25) is 0 Å². The molecule has 0 fully saturated rings. The van der Waals surface area contributed by atoms with Crippen molar-refractivity contribution < 1.29 is 23.5 Å². The molecule has 0 N–H and O–H groups in total. The van der Waals surface area contributed by atoms with Crippen molar-refractivity contribution in [1.29, 1.82) is 0 Å². The van der Waals surface area contributed by atoms with E-state index in [4.69, 9.17) is 23.5 Å². The van der Waals surface area contributed by atoms with E-state index >= 15 is 0 Å². The average molecular weight is 426 g/mol. The van der Waals surface area contributed by atoms with Gasteiger partial charge in [-0.15, -0.1) is 5.10 Å². The van der Waals surface area contributed by atoms with Crippen LogP contribution in [0.5, 0.6) is 11.6 Å². The van der Waals surface area contributed by atoms with Crippen molar-refractivity contribution in [2.75, 3.05) is 27.4 Å². The summed E-state index contributed by atoms with van der Waals surface area (Å²) in [6, 6.07) is 7.22. The van der Waals surface area contributed by atoms with Crippen LogP contribution in [0.3, 0.4) is 0 Å². The van der Waals surface area contributed by atoms with Crippen molar-refractivity contribution in [3.63, 3.8) is 0 Å². The Bertz CT molecular complexity index is 1140. The molecule has 162 valence electrons. The number of rotatable bonds is 10. The van der Waals surface area contributed by atoms with Crippen molar-refractivity contribution in [3.8, 4) is 23.0 Å². The first-order valence-corrected chi connectivity index (χ1v) is 9.55. The highest BCUT2D eigenvalue weighted by Gasteiger charge is 2.16. The van der Waals surface area contributed by atoms with E-state index < -0.39 is 0 Å². The van der Waals surface area contributed by atoms with Gasteiger partial charge in [0.05, 0.1) is 38.8 Å². The Hall–Kier alpha value is -3.57. The number of aromatic nitrogens is 6. The Morgan fingerprint density at radius 3 is 2.52 bits per heavy atom. The lowest BCUT2D eigenvalue weighted by molar-refractivity contribution is 0.0598. The number of imidazole rings is 1. The van der Waals surface area contributed by atoms with E-state index in [1.165, 1.54) is 0 Å². The van der Waals surface area contributed by atoms with Crippen LogP contribution in [0.15, 0.2) is 35.0 Å². The summed E-state index contributed by atoms with van der Waals surface area (Å²) in [5, 5.41) is 16.9. The highest BCUT2D eigenvalue weighted by molar-refractivity contribution is 5.61. The monoisotopic (exact) mass is 426 g/mol. The third-order valence-corrected chi connectivity index (χ3v) is 4.35. The Morgan fingerprint density at radius 1 is 1.03 bits per heavy atom. The number of hydrogen-bond acceptors (Lipinski definition) is 10. The van der Waals surface area contributed by atoms with Crippen molar-refractivity contribution in [2.24, 2.45) is 0 Å². The Morgan fingerprint density at radius 2 is 1.84 bits per heavy atom. The van der Waals surface area contributed by atoms with E-state index in [0.717, 1.165) is 5.69 Å². The number of hydrogen-bond donors (Lipinski definition) is 0. The van der Waals surface area contributed by atoms with E-state index in [-0.39, 0.29) is 6.61 Å². The quantitative estimate of drug-likeness (QED) is 0.349. The van der Waals surface area contributed by atoms with Crippen molar-refractivity contribution >= 4 is 5.65 Å². The van der Waals surface area contributed by atoms with Gasteiger partial charge in [0, 0.05) is 19.2 Å². The predicted octanol–water partition coefficient (Wildman–Crippen LogP) is 2.23. The van der Waals surface area contributed by atoms with Crippen LogP contribution in [0.25, 0.3) is 17.0 Å². The van der Waals surface area contributed by atoms with Gasteiger partial charge in [-0.2, -0.15) is 10.2 Å². The molecule has 31 heavy (non-hydrogen) atoms. The third kappa shape index (κ3) is 4.78. The van der Waals surface area contributed by atoms with Gasteiger partial charge in [0.15, 0.2) is 11.4 Å². The molecule has 0 bridgehead atoms. The molecule has 0 spiro atoms. The summed E-state index contributed by atoms with van der Waals surface area (Å²) in [6.45, 7) is 3.39. The Kier molecular flexibility index (Phi) is 6.34. The maximum Gasteiger partial charge on any atom is 0.275 e. The number of methoxy groups -OCH3 is 2. The molecule has 0 atom stereocenters. The summed E-state index contributed by atoms with van der Waals surface area (Å²) in [5.74, 6) is 1.45. The lowest BCUT2D eigenvalue weighted by Crippen LogP contribution is -2.07. The van der Waals surface area contributed by atoms with Crippen LogP contribution in [0.1, 0.15) is 17.1 Å². The summed E-state index contributed by atoms with van der Waals surface area (Å²) in [4.78, 5) is 4.36. The molecule has 0 aliphatic rings. The fourth-order valence-electron chi connectivity index (χ4n) is 2.79. The van der Waals surface area contributed by atoms with Gasteiger partial charge < -0.3 is 23.5 Å². The molecular weight excluding hydrogens is 404 g/mol. The molecule has 11 heteroatoms. The van der Waals surface area contributed by atoms with Crippen LogP contribution >= 0.6 is 0 Å². The maximum absolute atomic E-state index is 5.86. The maximum atomic E-state index is 5.86. The molecule has 4 heterocycles. The first kappa shape index (κ1) is 20.7. The minimum absolute atomic E-state index is 0.166. The molecule has 0 radical (unpaired) electrons. The molecule has 0 amide bonds. The van der Waals surface area contributed by atoms with E-state index in [1.54, 1.807) is 31.0 Å². The molecular formula is C20H22N6O5. The molecule has 0 saturated heterocycles. The summed E-state index contributed by atoms with van der Waals surface area (Å²) < 4.78 is 28.4. The van der Waals surface area contributed by atoms with Crippen molar-refractivity contribution in [1.82, 2.24) is 30.0 Å². The zero-order chi connectivity index (χ0) is 21.6. The van der Waals surface area contributed by atoms with E-state index in [1.807, 2.05) is 25.1 Å². The second kappa shape index (κ2) is 9.49. The van der Waals surface area contributed by atoms with Crippen LogP contribution in [-0.4, -0.2) is 57.4 Å². The first-order valence-electron chi connectivity index (χ1n) is 9.55. The van der Waals surface area contributed by atoms with E-state index in [0.29, 0.717) is 59.9 Å². The van der Waals surface area contributed by atoms with Crippen molar-refractivity contribution in [3.05, 3.63) is 47.6 Å². The van der Waals surface area contributed by atoms with Crippen LogP contribution in [0, 0.1) is 6.92 Å². The van der Waals surface area contributed by atoms with Crippen molar-refractivity contribution in [2.45, 2.75) is 20.1 Å². The van der Waals surface area contributed by atoms with Gasteiger partial charge in [-0.1, -0.05) is 5.16 Å². The van der Waals surface area contributed by atoms with Gasteiger partial charge in [-0.3, -0.25) is 0 Å². The number of nitrogens with zero attached hydrogens (tertiary/aromatic N) is 6. The Balaban J connectivity index is 1.48. The van der Waals surface area contributed by atoms with Crippen LogP contribution < -0.4 is 9.47 Å². The minimum atomic E-state index is 0.166. The van der Waals surface area contributed by atoms with Crippen LogP contribution in [0.4, 0.5) is 0 Å². The highest BCUT2D eigenvalue weighted by atomic mass is 16.5. The minimum Gasteiger partial charge on any atom is -0.491 e. The lowest BCUT2D eigenvalue weighted by Gasteiger charge is -2.10. The van der Waals surface area contributed by atoms with Gasteiger partial charge in [0.1, 0.15) is 29.4 Å². The SMILES string of the molecule is COCCOCc1ccc(COc2nn3c(-c4cc(C)on4)cnc3cc2OC)nn1. The van der Waals surface area contributed by atoms with E-state index in [9.17, 15) is 0 Å². The van der Waals surface area contributed by atoms with Gasteiger partial charge in [0.25, 0.3) is 5.88 Å². The van der Waals surface area contributed by atoms with Crippen LogP contribution in [-0.2, 0) is 22.7 Å². The third-order valence-electron chi connectivity index (χ3n) is 4.35. The van der Waals surface area contributed by atoms with Gasteiger partial charge in [-0.05, 0) is 19.1 Å². The average Bonchev–Trinajstić information content (AvgIpc) is 3.40. The number of fused-ring (bicyclic) bond motifs is 1. The number of ether oxygens (including phenoxy) is 4. The normalized spacial score (nSPS) is 11.2. The topological polar surface area (TPSA) is 119 Å². The molecule has 0 aromatic carbocycles. The predicted molar refractivity (Wildman–Crippen MR) is 108 cm³/mol. The molecule has 4 rings (SSSR count). The summed E-state index contributed by atoms with van der Waals surface area (Å²) in [5.41, 5.74) is 3.27. The molecule has 0 unspecified atom stereocenters. The summed E-state index contributed by atoms with van der Waals surface area (Å²) in [7, 11) is 3.17. The van der Waals surface area contributed by atoms with Gasteiger partial charge >= 0.3 is 0 Å². The first-order chi connectivity index (χ1) is 15.2. The second-order valence-electron chi connectivity index (χ2n) is 6.60. The van der Waals surface area contributed by atoms with Gasteiger partial charge in [-0.25, -0.2) is 9.50 Å². The zero-order valence-electron chi connectivity index (χ0n) is 17.4. The largest absolute Gasteiger partial charge is 0.491 e.